The van der Waals surface area contributed by atoms with Crippen LogP contribution in [0.4, 0.5) is 43.9 Å². The van der Waals surface area contributed by atoms with Crippen molar-refractivity contribution in [3.05, 3.63) is 148 Å². The maximum Gasteiger partial charge on any atom is 0.200 e. The fourth-order valence-electron chi connectivity index (χ4n) is 7.44. The molecule has 1 nitrogen and oxygen atoms in total. The van der Waals surface area contributed by atoms with Gasteiger partial charge in [0.05, 0.1) is 0 Å². The SMILES string of the molecule is CC1(C)CCCC(C)(C)N1/C(=C\[B-](C#Cc1ccccc1)(c1c(F)c(F)c(F)c(F)c1F)c1c(F)c(F)c(F)c(F)c1F)C/C=C/c1ccccc1. The molecule has 4 aromatic carbocycles. The van der Waals surface area contributed by atoms with Gasteiger partial charge in [0.1, 0.15) is 23.3 Å². The molecular weight excluding hydrogens is 695 g/mol. The first-order valence-electron chi connectivity index (χ1n) is 16.5. The highest BCUT2D eigenvalue weighted by atomic mass is 19.2. The summed E-state index contributed by atoms with van der Waals surface area (Å²) in [4.78, 5) is 1.79. The Hall–Kier alpha value is -4.92. The van der Waals surface area contributed by atoms with Crippen molar-refractivity contribution in [3.63, 3.8) is 0 Å². The summed E-state index contributed by atoms with van der Waals surface area (Å²) in [5.74, 6) is -19.7. The first kappa shape index (κ1) is 38.3. The van der Waals surface area contributed by atoms with Crippen LogP contribution in [0.1, 0.15) is 64.5 Å². The normalized spacial score (nSPS) is 15.9. The summed E-state index contributed by atoms with van der Waals surface area (Å²) >= 11 is 0. The summed E-state index contributed by atoms with van der Waals surface area (Å²) in [6.07, 6.45) is 0.255. The Morgan fingerprint density at radius 3 is 1.46 bits per heavy atom. The molecular formula is C40H33BF10N-. The fourth-order valence-corrected chi connectivity index (χ4v) is 7.44. The molecule has 272 valence electrons. The van der Waals surface area contributed by atoms with Gasteiger partial charge in [-0.15, -0.1) is 16.8 Å². The van der Waals surface area contributed by atoms with E-state index in [9.17, 15) is 8.78 Å². The van der Waals surface area contributed by atoms with Crippen LogP contribution in [0.25, 0.3) is 6.08 Å². The number of likely N-dealkylation sites (tertiary alicyclic amines) is 1. The van der Waals surface area contributed by atoms with Crippen molar-refractivity contribution in [3.8, 4) is 11.7 Å². The minimum absolute atomic E-state index is 0.0251. The molecule has 0 spiro atoms. The molecule has 1 fully saturated rings. The number of hydrogen-bond donors (Lipinski definition) is 0. The molecule has 12 heteroatoms. The van der Waals surface area contributed by atoms with Crippen LogP contribution in [-0.4, -0.2) is 22.1 Å². The van der Waals surface area contributed by atoms with E-state index in [1.54, 1.807) is 53.5 Å². The van der Waals surface area contributed by atoms with Crippen LogP contribution in [0.15, 0.2) is 78.4 Å². The lowest BCUT2D eigenvalue weighted by atomic mass is 9.18. The summed E-state index contributed by atoms with van der Waals surface area (Å²) in [6.45, 7) is 7.29. The van der Waals surface area contributed by atoms with Gasteiger partial charge in [0.25, 0.3) is 0 Å². The zero-order valence-corrected chi connectivity index (χ0v) is 28.6. The maximum absolute atomic E-state index is 16.2. The third-order valence-corrected chi connectivity index (χ3v) is 9.57. The van der Waals surface area contributed by atoms with E-state index in [4.69, 9.17) is 0 Å². The Morgan fingerprint density at radius 2 is 1.02 bits per heavy atom. The van der Waals surface area contributed by atoms with Crippen molar-refractivity contribution in [2.75, 3.05) is 0 Å². The predicted molar refractivity (Wildman–Crippen MR) is 183 cm³/mol. The van der Waals surface area contributed by atoms with Crippen LogP contribution in [0.3, 0.4) is 0 Å². The Balaban J connectivity index is 2.04. The molecule has 0 atom stereocenters. The van der Waals surface area contributed by atoms with Crippen molar-refractivity contribution in [1.82, 2.24) is 4.90 Å². The highest BCUT2D eigenvalue weighted by Gasteiger charge is 2.45. The topological polar surface area (TPSA) is 3.24 Å². The second kappa shape index (κ2) is 14.6. The lowest BCUT2D eigenvalue weighted by molar-refractivity contribution is 0.00445. The zero-order chi connectivity index (χ0) is 38.2. The number of hydrogen-bond acceptors (Lipinski definition) is 1. The van der Waals surface area contributed by atoms with Gasteiger partial charge in [0.15, 0.2) is 41.0 Å². The highest BCUT2D eigenvalue weighted by Crippen LogP contribution is 2.43. The van der Waals surface area contributed by atoms with Gasteiger partial charge >= 0.3 is 0 Å². The zero-order valence-electron chi connectivity index (χ0n) is 28.6. The summed E-state index contributed by atoms with van der Waals surface area (Å²) in [5, 5.41) is 0. The standard InChI is InChI=1S/C40H33BF10N/c1-39(2)20-12-21-40(3,4)52(39)26(18-11-17-24-13-7-5-8-14-24)23-41(22-19-25-15-9-6-10-16-25,27-29(42)33(46)37(50)34(47)30(27)43)28-31(44)35(48)38(51)36(49)32(28)45/h5-11,13-17,23H,12,18,20-21H2,1-4H3/q-1/b17-11+,26-23-. The number of allylic oxidation sites excluding steroid dienone is 1. The van der Waals surface area contributed by atoms with Gasteiger partial charge in [-0.05, 0) is 70.4 Å². The van der Waals surface area contributed by atoms with E-state index in [1.807, 2.05) is 27.7 Å². The van der Waals surface area contributed by atoms with Gasteiger partial charge < -0.3 is 4.90 Å². The minimum Gasteiger partial charge on any atom is -0.368 e. The number of halogens is 10. The van der Waals surface area contributed by atoms with E-state index >= 15 is 35.1 Å². The van der Waals surface area contributed by atoms with Crippen molar-refractivity contribution < 1.29 is 43.9 Å². The summed E-state index contributed by atoms with van der Waals surface area (Å²) in [7, 11) is 0. The van der Waals surface area contributed by atoms with Crippen LogP contribution >= 0.6 is 0 Å². The first-order valence-corrected chi connectivity index (χ1v) is 16.5. The molecule has 0 aliphatic carbocycles. The third kappa shape index (κ3) is 6.97. The molecule has 1 saturated heterocycles. The van der Waals surface area contributed by atoms with Crippen molar-refractivity contribution in [2.24, 2.45) is 0 Å². The molecule has 0 radical (unpaired) electrons. The Bertz CT molecular complexity index is 1970. The van der Waals surface area contributed by atoms with E-state index < -0.39 is 86.3 Å². The Labute approximate surface area is 295 Å². The van der Waals surface area contributed by atoms with Gasteiger partial charge in [0.2, 0.25) is 0 Å². The Morgan fingerprint density at radius 1 is 0.615 bits per heavy atom. The molecule has 0 aromatic heterocycles. The lowest BCUT2D eigenvalue weighted by Gasteiger charge is -2.56. The van der Waals surface area contributed by atoms with Gasteiger partial charge in [-0.2, -0.15) is 0 Å². The molecule has 0 amide bonds. The van der Waals surface area contributed by atoms with E-state index in [1.165, 1.54) is 24.3 Å². The second-order valence-electron chi connectivity index (χ2n) is 14.0. The van der Waals surface area contributed by atoms with Crippen LogP contribution in [-0.2, 0) is 0 Å². The molecule has 0 unspecified atom stereocenters. The lowest BCUT2D eigenvalue weighted by Crippen LogP contribution is -2.64. The molecule has 0 saturated carbocycles. The van der Waals surface area contributed by atoms with Crippen LogP contribution in [0.5, 0.6) is 0 Å². The number of benzene rings is 4. The van der Waals surface area contributed by atoms with E-state index in [2.05, 4.69) is 11.7 Å². The summed E-state index contributed by atoms with van der Waals surface area (Å²) in [5.41, 5.74) is -4.57. The molecule has 0 N–H and O–H groups in total. The molecule has 1 aliphatic heterocycles. The van der Waals surface area contributed by atoms with Crippen molar-refractivity contribution in [2.45, 2.75) is 64.5 Å². The number of nitrogens with zero attached hydrogens (tertiary/aromatic N) is 1. The van der Waals surface area contributed by atoms with Gasteiger partial charge in [0, 0.05) is 23.1 Å². The fraction of sp³-hybridized carbons (Fsp3) is 0.250. The van der Waals surface area contributed by atoms with Crippen molar-refractivity contribution in [1.29, 1.82) is 0 Å². The summed E-state index contributed by atoms with van der Waals surface area (Å²) < 4.78 is 154. The molecule has 0 bridgehead atoms. The maximum atomic E-state index is 16.2. The van der Waals surface area contributed by atoms with Crippen LogP contribution in [0.2, 0.25) is 0 Å². The smallest absolute Gasteiger partial charge is 0.200 e. The highest BCUT2D eigenvalue weighted by molar-refractivity contribution is 7.11. The average Bonchev–Trinajstić information content (AvgIpc) is 3.10. The molecule has 1 heterocycles. The second-order valence-corrected chi connectivity index (χ2v) is 14.0. The molecule has 52 heavy (non-hydrogen) atoms. The minimum atomic E-state index is -4.58. The largest absolute Gasteiger partial charge is 0.368 e. The number of rotatable bonds is 7. The first-order chi connectivity index (χ1) is 24.4. The summed E-state index contributed by atoms with van der Waals surface area (Å²) in [6, 6.07) is 16.1. The van der Waals surface area contributed by atoms with Crippen LogP contribution < -0.4 is 10.9 Å². The third-order valence-electron chi connectivity index (χ3n) is 9.57. The molecule has 1 aliphatic rings. The quantitative estimate of drug-likeness (QED) is 0.0603. The van der Waals surface area contributed by atoms with Gasteiger partial charge in [-0.1, -0.05) is 60.7 Å². The van der Waals surface area contributed by atoms with Crippen molar-refractivity contribution >= 4 is 23.1 Å². The number of piperidine rings is 1. The van der Waals surface area contributed by atoms with E-state index in [0.717, 1.165) is 5.98 Å². The average molecular weight is 729 g/mol. The molecule has 4 aromatic rings. The monoisotopic (exact) mass is 728 g/mol. The van der Waals surface area contributed by atoms with Gasteiger partial charge in [-0.25, -0.2) is 49.9 Å². The molecule has 5 rings (SSSR count). The van der Waals surface area contributed by atoms with E-state index in [-0.39, 0.29) is 17.7 Å². The van der Waals surface area contributed by atoms with Gasteiger partial charge in [-0.3, -0.25) is 5.82 Å². The predicted octanol–water partition coefficient (Wildman–Crippen LogP) is 9.80. The Kier molecular flexibility index (Phi) is 10.8. The van der Waals surface area contributed by atoms with E-state index in [0.29, 0.717) is 24.8 Å². The van der Waals surface area contributed by atoms with Crippen LogP contribution in [0, 0.1) is 69.9 Å².